The van der Waals surface area contributed by atoms with Crippen LogP contribution in [-0.2, 0) is 17.8 Å². The molecule has 6 nitrogen and oxygen atoms in total. The zero-order valence-electron chi connectivity index (χ0n) is 18.5. The summed E-state index contributed by atoms with van der Waals surface area (Å²) in [6, 6.07) is 18.3. The van der Waals surface area contributed by atoms with E-state index in [1.165, 1.54) is 5.56 Å². The predicted octanol–water partition coefficient (Wildman–Crippen LogP) is 3.05. The number of aryl methyl sites for hydroxylation is 1. The summed E-state index contributed by atoms with van der Waals surface area (Å²) in [6.07, 6.45) is 0. The van der Waals surface area contributed by atoms with Crippen molar-refractivity contribution < 1.29 is 4.74 Å². The van der Waals surface area contributed by atoms with Crippen molar-refractivity contribution in [2.24, 2.45) is 0 Å². The van der Waals surface area contributed by atoms with Crippen LogP contribution in [0.3, 0.4) is 0 Å². The predicted molar refractivity (Wildman–Crippen MR) is 133 cm³/mol. The molecule has 2 heterocycles. The molecule has 32 heavy (non-hydrogen) atoms. The lowest BCUT2D eigenvalue weighted by Gasteiger charge is -2.31. The summed E-state index contributed by atoms with van der Waals surface area (Å²) >= 11 is 5.76. The smallest absolute Gasteiger partial charge is 0.253 e. The molecule has 4 rings (SSSR count). The quantitative estimate of drug-likeness (QED) is 0.540. The largest absolute Gasteiger partial charge is 0.379 e. The van der Waals surface area contributed by atoms with Crippen LogP contribution in [0.1, 0.15) is 16.7 Å². The molecule has 1 fully saturated rings. The highest BCUT2D eigenvalue weighted by Crippen LogP contribution is 2.14. The van der Waals surface area contributed by atoms with Gasteiger partial charge in [-0.2, -0.15) is 0 Å². The van der Waals surface area contributed by atoms with E-state index < -0.39 is 0 Å². The maximum Gasteiger partial charge on any atom is 0.253 e. The van der Waals surface area contributed by atoms with Gasteiger partial charge in [0.1, 0.15) is 0 Å². The fourth-order valence-electron chi connectivity index (χ4n) is 3.91. The van der Waals surface area contributed by atoms with Gasteiger partial charge in [0.15, 0.2) is 5.11 Å². The fourth-order valence-corrected chi connectivity index (χ4v) is 4.14. The number of aromatic amines is 1. The van der Waals surface area contributed by atoms with Crippen LogP contribution < -0.4 is 10.9 Å². The van der Waals surface area contributed by atoms with Crippen molar-refractivity contribution in [1.29, 1.82) is 0 Å². The lowest BCUT2D eigenvalue weighted by molar-refractivity contribution is 0.0357. The molecule has 0 radical (unpaired) electrons. The molecule has 1 aliphatic heterocycles. The molecule has 0 aliphatic carbocycles. The van der Waals surface area contributed by atoms with Crippen LogP contribution in [0.5, 0.6) is 0 Å². The monoisotopic (exact) mass is 450 g/mol. The second-order valence-electron chi connectivity index (χ2n) is 8.23. The van der Waals surface area contributed by atoms with Gasteiger partial charge in [-0.3, -0.25) is 9.69 Å². The number of rotatable bonds is 7. The first-order chi connectivity index (χ1) is 15.6. The summed E-state index contributed by atoms with van der Waals surface area (Å²) < 4.78 is 5.46. The average Bonchev–Trinajstić information content (AvgIpc) is 2.82. The normalized spacial score (nSPS) is 14.4. The number of pyridine rings is 1. The number of hydrogen-bond donors (Lipinski definition) is 2. The number of benzene rings is 2. The lowest BCUT2D eigenvalue weighted by Crippen LogP contribution is -2.46. The number of aromatic nitrogens is 1. The van der Waals surface area contributed by atoms with Crippen LogP contribution in [0.15, 0.2) is 59.4 Å². The Labute approximate surface area is 194 Å². The lowest BCUT2D eigenvalue weighted by atomic mass is 10.1. The Balaban J connectivity index is 1.50. The molecule has 2 N–H and O–H groups in total. The maximum atomic E-state index is 12.8. The Hall–Kier alpha value is -2.74. The van der Waals surface area contributed by atoms with Crippen molar-refractivity contribution in [3.63, 3.8) is 0 Å². The molecule has 0 unspecified atom stereocenters. The number of hydrogen-bond acceptors (Lipinski definition) is 4. The second-order valence-corrected chi connectivity index (χ2v) is 8.62. The fraction of sp³-hybridized carbons (Fsp3) is 0.360. The minimum Gasteiger partial charge on any atom is -0.379 e. The number of nitrogens with zero attached hydrogens (tertiary/aromatic N) is 2. The molecule has 1 saturated heterocycles. The topological polar surface area (TPSA) is 60.6 Å². The Bertz CT molecular complexity index is 1110. The number of ether oxygens (including phenoxy) is 1. The Morgan fingerprint density at radius 1 is 1.16 bits per heavy atom. The van der Waals surface area contributed by atoms with Gasteiger partial charge >= 0.3 is 0 Å². The van der Waals surface area contributed by atoms with Gasteiger partial charge in [-0.1, -0.05) is 42.5 Å². The Morgan fingerprint density at radius 2 is 1.94 bits per heavy atom. The van der Waals surface area contributed by atoms with E-state index in [-0.39, 0.29) is 5.56 Å². The van der Waals surface area contributed by atoms with E-state index in [0.29, 0.717) is 23.8 Å². The van der Waals surface area contributed by atoms with Crippen molar-refractivity contribution >= 4 is 28.2 Å². The van der Waals surface area contributed by atoms with Crippen molar-refractivity contribution in [2.45, 2.75) is 20.0 Å². The number of H-pyrrole nitrogens is 1. The van der Waals surface area contributed by atoms with Crippen LogP contribution in [0.2, 0.25) is 0 Å². The molecule has 1 aromatic heterocycles. The molecule has 1 aliphatic rings. The maximum absolute atomic E-state index is 12.8. The first-order valence-corrected chi connectivity index (χ1v) is 11.5. The summed E-state index contributed by atoms with van der Waals surface area (Å²) in [7, 11) is 0. The third kappa shape index (κ3) is 5.94. The molecule has 7 heteroatoms. The first kappa shape index (κ1) is 22.5. The highest BCUT2D eigenvalue weighted by molar-refractivity contribution is 7.80. The van der Waals surface area contributed by atoms with Crippen LogP contribution in [0.4, 0.5) is 0 Å². The van der Waals surface area contributed by atoms with E-state index in [1.807, 2.05) is 43.3 Å². The van der Waals surface area contributed by atoms with Crippen molar-refractivity contribution in [3.05, 3.63) is 81.6 Å². The summed E-state index contributed by atoms with van der Waals surface area (Å²) in [6.45, 7) is 8.14. The summed E-state index contributed by atoms with van der Waals surface area (Å²) in [5, 5.41) is 5.06. The molecule has 0 amide bonds. The van der Waals surface area contributed by atoms with E-state index in [2.05, 4.69) is 38.3 Å². The Morgan fingerprint density at radius 3 is 2.72 bits per heavy atom. The number of thiocarbonyl (C=S) groups is 1. The summed E-state index contributed by atoms with van der Waals surface area (Å²) in [5.74, 6) is 0. The molecule has 0 saturated carbocycles. The molecule has 3 aromatic rings. The molecule has 168 valence electrons. The number of morpholine rings is 1. The van der Waals surface area contributed by atoms with Crippen LogP contribution >= 0.6 is 12.2 Å². The number of fused-ring (bicyclic) bond motifs is 1. The summed E-state index contributed by atoms with van der Waals surface area (Å²) in [5.41, 5.74) is 3.81. The molecular formula is C25H30N4O2S. The molecule has 0 spiro atoms. The average molecular weight is 451 g/mol. The van der Waals surface area contributed by atoms with Crippen LogP contribution in [-0.4, -0.2) is 59.3 Å². The molecule has 0 atom stereocenters. The van der Waals surface area contributed by atoms with E-state index in [1.54, 1.807) is 0 Å². The minimum atomic E-state index is -0.0645. The van der Waals surface area contributed by atoms with E-state index >= 15 is 0 Å². The highest BCUT2D eigenvalue weighted by atomic mass is 32.1. The van der Waals surface area contributed by atoms with Crippen molar-refractivity contribution in [3.8, 4) is 0 Å². The van der Waals surface area contributed by atoms with Crippen LogP contribution in [0.25, 0.3) is 10.9 Å². The van der Waals surface area contributed by atoms with Gasteiger partial charge < -0.3 is 19.9 Å². The molecule has 0 bridgehead atoms. The number of nitrogens with one attached hydrogen (secondary N) is 2. The third-order valence-electron chi connectivity index (χ3n) is 5.80. The molecular weight excluding hydrogens is 420 g/mol. The summed E-state index contributed by atoms with van der Waals surface area (Å²) in [4.78, 5) is 20.3. The molecule has 2 aromatic carbocycles. The van der Waals surface area contributed by atoms with Crippen molar-refractivity contribution in [1.82, 2.24) is 20.1 Å². The first-order valence-electron chi connectivity index (χ1n) is 11.1. The van der Waals surface area contributed by atoms with Gasteiger partial charge in [0.25, 0.3) is 5.56 Å². The van der Waals surface area contributed by atoms with Gasteiger partial charge in [0.2, 0.25) is 0 Å². The van der Waals surface area contributed by atoms with Gasteiger partial charge in [-0.05, 0) is 47.8 Å². The van der Waals surface area contributed by atoms with Gasteiger partial charge in [0, 0.05) is 43.8 Å². The zero-order valence-corrected chi connectivity index (χ0v) is 19.3. The minimum absolute atomic E-state index is 0.0645. The van der Waals surface area contributed by atoms with E-state index in [4.69, 9.17) is 17.0 Å². The van der Waals surface area contributed by atoms with Gasteiger partial charge in [0.05, 0.1) is 19.8 Å². The highest BCUT2D eigenvalue weighted by Gasteiger charge is 2.16. The van der Waals surface area contributed by atoms with Gasteiger partial charge in [-0.25, -0.2) is 0 Å². The van der Waals surface area contributed by atoms with E-state index in [9.17, 15) is 4.79 Å². The Kier molecular flexibility index (Phi) is 7.52. The third-order valence-corrected chi connectivity index (χ3v) is 6.21. The zero-order chi connectivity index (χ0) is 22.3. The van der Waals surface area contributed by atoms with Crippen molar-refractivity contribution in [2.75, 3.05) is 39.4 Å². The SMILES string of the molecule is Cc1ccc2cc(CN(CCN3CCOCC3)C(=S)NCc3ccccc3)c(=O)[nH]c2c1. The van der Waals surface area contributed by atoms with Crippen LogP contribution in [0, 0.1) is 6.92 Å². The standard InChI is InChI=1S/C25H30N4O2S/c1-19-7-8-21-16-22(24(30)27-23(21)15-19)18-29(10-9-28-11-13-31-14-12-28)25(32)26-17-20-5-3-2-4-6-20/h2-8,15-16H,9-14,17-18H2,1H3,(H,26,32)(H,27,30). The second kappa shape index (κ2) is 10.7. The van der Waals surface area contributed by atoms with Gasteiger partial charge in [-0.15, -0.1) is 0 Å². The van der Waals surface area contributed by atoms with E-state index in [0.717, 1.165) is 55.9 Å².